The molecule has 0 aliphatic heterocycles. The molecule has 0 fully saturated rings. The smallest absolute Gasteiger partial charge is 0.231 e. The van der Waals surface area contributed by atoms with Crippen molar-refractivity contribution in [3.05, 3.63) is 65.2 Å². The molecule has 0 radical (unpaired) electrons. The Morgan fingerprint density at radius 3 is 2.58 bits per heavy atom. The second-order valence-electron chi connectivity index (χ2n) is 5.73. The first kappa shape index (κ1) is 16.3. The fourth-order valence-corrected chi connectivity index (χ4v) is 2.87. The van der Waals surface area contributed by atoms with Gasteiger partial charge in [0.2, 0.25) is 5.95 Å². The van der Waals surface area contributed by atoms with Gasteiger partial charge in [0.05, 0.1) is 11.0 Å². The van der Waals surface area contributed by atoms with Crippen LogP contribution in [0.1, 0.15) is 5.82 Å². The number of aromatic nitrogens is 4. The molecule has 0 aliphatic carbocycles. The third-order valence-electron chi connectivity index (χ3n) is 3.85. The second-order valence-corrected chi connectivity index (χ2v) is 6.17. The molecule has 2 aromatic carbocycles. The normalized spacial score (nSPS) is 11.0. The molecule has 2 aromatic heterocycles. The molecule has 0 spiro atoms. The molecule has 0 bridgehead atoms. The summed E-state index contributed by atoms with van der Waals surface area (Å²) in [6.07, 6.45) is 0. The van der Waals surface area contributed by atoms with Crippen LogP contribution >= 0.6 is 11.6 Å². The van der Waals surface area contributed by atoms with Crippen LogP contribution in [0.5, 0.6) is 0 Å². The van der Waals surface area contributed by atoms with Gasteiger partial charge >= 0.3 is 0 Å². The molecule has 0 amide bonds. The van der Waals surface area contributed by atoms with Crippen LogP contribution in [0.15, 0.2) is 48.5 Å². The number of imidazole rings is 1. The fourth-order valence-electron chi connectivity index (χ4n) is 2.74. The van der Waals surface area contributed by atoms with Crippen molar-refractivity contribution >= 4 is 40.1 Å². The molecule has 2 heterocycles. The van der Waals surface area contributed by atoms with E-state index in [2.05, 4.69) is 20.3 Å². The molecule has 3 N–H and O–H groups in total. The lowest BCUT2D eigenvalue weighted by molar-refractivity contribution is 0.629. The SMILES string of the molecule is Cc1nc2ccc(F)cc2n1-c1cc(N)nc(Nc2ccc(Cl)cc2)n1. The van der Waals surface area contributed by atoms with Crippen molar-refractivity contribution in [2.75, 3.05) is 11.1 Å². The quantitative estimate of drug-likeness (QED) is 0.565. The Morgan fingerprint density at radius 1 is 1.04 bits per heavy atom. The Morgan fingerprint density at radius 2 is 1.81 bits per heavy atom. The highest BCUT2D eigenvalue weighted by Gasteiger charge is 2.13. The van der Waals surface area contributed by atoms with Gasteiger partial charge in [-0.2, -0.15) is 9.97 Å². The second kappa shape index (κ2) is 6.27. The highest BCUT2D eigenvalue weighted by atomic mass is 35.5. The van der Waals surface area contributed by atoms with Crippen molar-refractivity contribution < 1.29 is 4.39 Å². The average molecular weight is 369 g/mol. The molecule has 26 heavy (non-hydrogen) atoms. The largest absolute Gasteiger partial charge is 0.383 e. The zero-order valence-electron chi connectivity index (χ0n) is 13.7. The number of anilines is 3. The van der Waals surface area contributed by atoms with E-state index in [1.165, 1.54) is 12.1 Å². The molecule has 0 saturated carbocycles. The summed E-state index contributed by atoms with van der Waals surface area (Å²) in [5, 5.41) is 3.72. The summed E-state index contributed by atoms with van der Waals surface area (Å²) in [6.45, 7) is 1.82. The molecule has 0 saturated heterocycles. The van der Waals surface area contributed by atoms with Crippen LogP contribution in [-0.4, -0.2) is 19.5 Å². The van der Waals surface area contributed by atoms with Crippen LogP contribution in [0.3, 0.4) is 0 Å². The van der Waals surface area contributed by atoms with Crippen LogP contribution < -0.4 is 11.1 Å². The summed E-state index contributed by atoms with van der Waals surface area (Å²) in [7, 11) is 0. The Bertz CT molecular complexity index is 1110. The first-order valence-electron chi connectivity index (χ1n) is 7.82. The summed E-state index contributed by atoms with van der Waals surface area (Å²) in [6, 6.07) is 13.2. The Labute approximate surface area is 153 Å². The summed E-state index contributed by atoms with van der Waals surface area (Å²) in [5.74, 6) is 1.42. The highest BCUT2D eigenvalue weighted by Crippen LogP contribution is 2.24. The van der Waals surface area contributed by atoms with Gasteiger partial charge in [-0.25, -0.2) is 9.37 Å². The van der Waals surface area contributed by atoms with Crippen LogP contribution in [-0.2, 0) is 0 Å². The standard InChI is InChI=1S/C18H14ClFN6/c1-10-22-14-7-4-12(20)8-15(14)26(10)17-9-16(21)24-18(25-17)23-13-5-2-11(19)3-6-13/h2-9H,1H3,(H3,21,23,24,25). The number of hydrogen-bond donors (Lipinski definition) is 2. The molecule has 130 valence electrons. The average Bonchev–Trinajstić information content (AvgIpc) is 2.91. The predicted molar refractivity (Wildman–Crippen MR) is 101 cm³/mol. The number of fused-ring (bicyclic) bond motifs is 1. The number of aryl methyl sites for hydroxylation is 1. The number of nitrogens with two attached hydrogens (primary N) is 1. The first-order chi connectivity index (χ1) is 12.5. The Balaban J connectivity index is 1.80. The van der Waals surface area contributed by atoms with Crippen molar-refractivity contribution in [1.29, 1.82) is 0 Å². The Hall–Kier alpha value is -3.19. The zero-order chi connectivity index (χ0) is 18.3. The number of nitrogen functional groups attached to an aromatic ring is 1. The van der Waals surface area contributed by atoms with Crippen molar-refractivity contribution in [1.82, 2.24) is 19.5 Å². The van der Waals surface area contributed by atoms with E-state index < -0.39 is 0 Å². The topological polar surface area (TPSA) is 81.7 Å². The van der Waals surface area contributed by atoms with E-state index in [1.54, 1.807) is 28.8 Å². The summed E-state index contributed by atoms with van der Waals surface area (Å²) < 4.78 is 15.4. The van der Waals surface area contributed by atoms with Crippen molar-refractivity contribution in [3.8, 4) is 5.82 Å². The number of nitrogens with one attached hydrogen (secondary N) is 1. The Kier molecular flexibility index (Phi) is 3.93. The van der Waals surface area contributed by atoms with Gasteiger partial charge in [-0.1, -0.05) is 11.6 Å². The van der Waals surface area contributed by atoms with E-state index in [0.29, 0.717) is 33.6 Å². The number of benzene rings is 2. The lowest BCUT2D eigenvalue weighted by Gasteiger charge is -2.10. The number of rotatable bonds is 3. The lowest BCUT2D eigenvalue weighted by atomic mass is 10.3. The molecule has 4 rings (SSSR count). The van der Waals surface area contributed by atoms with Gasteiger partial charge in [-0.3, -0.25) is 4.57 Å². The number of nitrogens with zero attached hydrogens (tertiary/aromatic N) is 4. The molecular formula is C18H14ClFN6. The summed E-state index contributed by atoms with van der Waals surface area (Å²) in [5.41, 5.74) is 8.00. The monoisotopic (exact) mass is 368 g/mol. The minimum Gasteiger partial charge on any atom is -0.383 e. The van der Waals surface area contributed by atoms with E-state index in [-0.39, 0.29) is 11.6 Å². The third-order valence-corrected chi connectivity index (χ3v) is 4.10. The van der Waals surface area contributed by atoms with E-state index >= 15 is 0 Å². The van der Waals surface area contributed by atoms with Gasteiger partial charge in [0.25, 0.3) is 0 Å². The van der Waals surface area contributed by atoms with Crippen LogP contribution in [0.25, 0.3) is 16.9 Å². The fraction of sp³-hybridized carbons (Fsp3) is 0.0556. The number of halogens is 2. The van der Waals surface area contributed by atoms with Gasteiger partial charge in [0.1, 0.15) is 23.3 Å². The minimum atomic E-state index is -0.347. The lowest BCUT2D eigenvalue weighted by Crippen LogP contribution is -2.07. The zero-order valence-corrected chi connectivity index (χ0v) is 14.5. The van der Waals surface area contributed by atoms with Gasteiger partial charge in [0, 0.05) is 22.8 Å². The van der Waals surface area contributed by atoms with Gasteiger partial charge in [-0.05, 0) is 43.3 Å². The molecule has 0 atom stereocenters. The maximum absolute atomic E-state index is 13.7. The van der Waals surface area contributed by atoms with E-state index in [1.807, 2.05) is 19.1 Å². The first-order valence-corrected chi connectivity index (χ1v) is 8.19. The maximum Gasteiger partial charge on any atom is 0.231 e. The summed E-state index contributed by atoms with van der Waals surface area (Å²) in [4.78, 5) is 13.1. The van der Waals surface area contributed by atoms with Crippen LogP contribution in [0.4, 0.5) is 21.8 Å². The molecule has 0 aliphatic rings. The van der Waals surface area contributed by atoms with Gasteiger partial charge in [0.15, 0.2) is 0 Å². The molecule has 6 nitrogen and oxygen atoms in total. The van der Waals surface area contributed by atoms with Crippen molar-refractivity contribution in [3.63, 3.8) is 0 Å². The molecule has 4 aromatic rings. The minimum absolute atomic E-state index is 0.282. The summed E-state index contributed by atoms with van der Waals surface area (Å²) >= 11 is 5.90. The van der Waals surface area contributed by atoms with Gasteiger partial charge < -0.3 is 11.1 Å². The molecule has 0 unspecified atom stereocenters. The van der Waals surface area contributed by atoms with E-state index in [4.69, 9.17) is 17.3 Å². The van der Waals surface area contributed by atoms with Crippen LogP contribution in [0, 0.1) is 12.7 Å². The van der Waals surface area contributed by atoms with E-state index in [0.717, 1.165) is 5.69 Å². The third kappa shape index (κ3) is 3.04. The van der Waals surface area contributed by atoms with Crippen molar-refractivity contribution in [2.24, 2.45) is 0 Å². The molecule has 8 heteroatoms. The predicted octanol–water partition coefficient (Wildman–Crippen LogP) is 4.24. The van der Waals surface area contributed by atoms with Crippen molar-refractivity contribution in [2.45, 2.75) is 6.92 Å². The van der Waals surface area contributed by atoms with Gasteiger partial charge in [-0.15, -0.1) is 0 Å². The van der Waals surface area contributed by atoms with Crippen LogP contribution in [0.2, 0.25) is 5.02 Å². The maximum atomic E-state index is 13.7. The molecular weight excluding hydrogens is 355 g/mol. The van der Waals surface area contributed by atoms with E-state index in [9.17, 15) is 4.39 Å². The number of hydrogen-bond acceptors (Lipinski definition) is 5. The highest BCUT2D eigenvalue weighted by molar-refractivity contribution is 6.30.